The number of carbonyl (C=O) groups excluding carboxylic acids is 1. The van der Waals surface area contributed by atoms with Crippen LogP contribution in [-0.2, 0) is 0 Å². The summed E-state index contributed by atoms with van der Waals surface area (Å²) in [6.07, 6.45) is 0. The number of oxazole rings is 1. The minimum atomic E-state index is -0.570. The van der Waals surface area contributed by atoms with Crippen LogP contribution in [0.4, 0.5) is 15.8 Å². The molecule has 0 saturated heterocycles. The van der Waals surface area contributed by atoms with Gasteiger partial charge in [-0.05, 0) is 61.6 Å². The molecule has 1 aromatic heterocycles. The molecule has 8 nitrogen and oxygen atoms in total. The number of halogens is 1. The summed E-state index contributed by atoms with van der Waals surface area (Å²) in [7, 11) is 0. The minimum absolute atomic E-state index is 0.00843. The van der Waals surface area contributed by atoms with Crippen molar-refractivity contribution in [1.82, 2.24) is 10.3 Å². The van der Waals surface area contributed by atoms with Crippen LogP contribution in [0.3, 0.4) is 0 Å². The van der Waals surface area contributed by atoms with Crippen molar-refractivity contribution in [2.24, 2.45) is 0 Å². The lowest BCUT2D eigenvalue weighted by molar-refractivity contribution is -0.385. The number of nitrogens with zero attached hydrogens (tertiary/aromatic N) is 2. The van der Waals surface area contributed by atoms with E-state index >= 15 is 0 Å². The van der Waals surface area contributed by atoms with Gasteiger partial charge in [-0.15, -0.1) is 0 Å². The molecule has 160 valence electrons. The van der Waals surface area contributed by atoms with E-state index in [4.69, 9.17) is 16.6 Å². The number of rotatable bonds is 4. The standard InChI is InChI=1S/C22H15FN4O4S/c1-12-16(6-3-7-18(12)27(29)30)20(28)26-22(32)24-15-8-9-19-17(11-15)25-21(31-19)13-4-2-5-14(23)10-13/h2-11H,1H3,(H2,24,26,28,32). The number of amides is 1. The highest BCUT2D eigenvalue weighted by atomic mass is 32.1. The molecule has 0 spiro atoms. The van der Waals surface area contributed by atoms with E-state index in [1.165, 1.54) is 37.3 Å². The first-order chi connectivity index (χ1) is 15.3. The quantitative estimate of drug-likeness (QED) is 0.256. The van der Waals surface area contributed by atoms with Crippen LogP contribution < -0.4 is 10.6 Å². The Kier molecular flexibility index (Phi) is 5.61. The van der Waals surface area contributed by atoms with E-state index in [0.717, 1.165) is 0 Å². The molecule has 0 aliphatic carbocycles. The van der Waals surface area contributed by atoms with Gasteiger partial charge in [-0.3, -0.25) is 20.2 Å². The first-order valence-electron chi connectivity index (χ1n) is 9.34. The summed E-state index contributed by atoms with van der Waals surface area (Å²) < 4.78 is 19.1. The van der Waals surface area contributed by atoms with Crippen molar-refractivity contribution in [2.75, 3.05) is 5.32 Å². The fraction of sp³-hybridized carbons (Fsp3) is 0.0455. The van der Waals surface area contributed by atoms with Gasteiger partial charge in [0.15, 0.2) is 10.7 Å². The van der Waals surface area contributed by atoms with Gasteiger partial charge in [0.25, 0.3) is 11.6 Å². The molecule has 3 aromatic carbocycles. The van der Waals surface area contributed by atoms with E-state index in [0.29, 0.717) is 22.4 Å². The van der Waals surface area contributed by atoms with Gasteiger partial charge in [0, 0.05) is 28.4 Å². The number of carbonyl (C=O) groups is 1. The second-order valence-electron chi connectivity index (χ2n) is 6.83. The highest BCUT2D eigenvalue weighted by molar-refractivity contribution is 7.80. The van der Waals surface area contributed by atoms with Gasteiger partial charge in [0.2, 0.25) is 5.89 Å². The van der Waals surface area contributed by atoms with E-state index in [9.17, 15) is 19.3 Å². The minimum Gasteiger partial charge on any atom is -0.436 e. The fourth-order valence-electron chi connectivity index (χ4n) is 3.15. The average Bonchev–Trinajstić information content (AvgIpc) is 3.17. The Morgan fingerprint density at radius 1 is 1.16 bits per heavy atom. The molecule has 32 heavy (non-hydrogen) atoms. The molecular formula is C22H15FN4O4S. The monoisotopic (exact) mass is 450 g/mol. The van der Waals surface area contributed by atoms with E-state index < -0.39 is 16.6 Å². The molecule has 0 aliphatic heterocycles. The number of nitro groups is 1. The summed E-state index contributed by atoms with van der Waals surface area (Å²) in [6.45, 7) is 1.50. The Morgan fingerprint density at radius 2 is 1.94 bits per heavy atom. The van der Waals surface area contributed by atoms with Gasteiger partial charge >= 0.3 is 0 Å². The smallest absolute Gasteiger partial charge is 0.273 e. The third-order valence-corrected chi connectivity index (χ3v) is 4.89. The van der Waals surface area contributed by atoms with E-state index in [2.05, 4.69) is 15.6 Å². The van der Waals surface area contributed by atoms with Gasteiger partial charge in [0.1, 0.15) is 11.3 Å². The van der Waals surface area contributed by atoms with Crippen molar-refractivity contribution in [2.45, 2.75) is 6.92 Å². The molecule has 0 fully saturated rings. The second-order valence-corrected chi connectivity index (χ2v) is 7.24. The van der Waals surface area contributed by atoms with Gasteiger partial charge < -0.3 is 9.73 Å². The van der Waals surface area contributed by atoms with Crippen LogP contribution in [0.25, 0.3) is 22.6 Å². The van der Waals surface area contributed by atoms with E-state index in [1.54, 1.807) is 30.3 Å². The van der Waals surface area contributed by atoms with Gasteiger partial charge in [-0.1, -0.05) is 12.1 Å². The van der Waals surface area contributed by atoms with Crippen LogP contribution >= 0.6 is 12.2 Å². The van der Waals surface area contributed by atoms with Crippen LogP contribution in [-0.4, -0.2) is 20.9 Å². The molecule has 0 bridgehead atoms. The number of nitrogens with one attached hydrogen (secondary N) is 2. The molecule has 1 heterocycles. The Balaban J connectivity index is 1.50. The van der Waals surface area contributed by atoms with Crippen LogP contribution in [0.15, 0.2) is 65.1 Å². The number of hydrogen-bond acceptors (Lipinski definition) is 6. The summed E-state index contributed by atoms with van der Waals surface area (Å²) in [5.74, 6) is -0.694. The number of hydrogen-bond donors (Lipinski definition) is 2. The third-order valence-electron chi connectivity index (χ3n) is 4.69. The van der Waals surface area contributed by atoms with Crippen LogP contribution in [0, 0.1) is 22.9 Å². The third kappa shape index (κ3) is 4.30. The first-order valence-corrected chi connectivity index (χ1v) is 9.75. The number of benzene rings is 3. The molecule has 4 rings (SSSR count). The largest absolute Gasteiger partial charge is 0.436 e. The molecule has 0 saturated carbocycles. The number of aromatic nitrogens is 1. The molecule has 0 radical (unpaired) electrons. The van der Waals surface area contributed by atoms with Gasteiger partial charge in [-0.25, -0.2) is 9.37 Å². The van der Waals surface area contributed by atoms with Crippen molar-refractivity contribution in [1.29, 1.82) is 0 Å². The molecule has 0 atom stereocenters. The van der Waals surface area contributed by atoms with Crippen molar-refractivity contribution in [3.05, 3.63) is 87.7 Å². The Bertz CT molecular complexity index is 1390. The SMILES string of the molecule is Cc1c(C(=O)NC(=S)Nc2ccc3oc(-c4cccc(F)c4)nc3c2)cccc1[N+](=O)[O-]. The van der Waals surface area contributed by atoms with Gasteiger partial charge in [-0.2, -0.15) is 0 Å². The lowest BCUT2D eigenvalue weighted by Gasteiger charge is -2.11. The molecule has 0 aliphatic rings. The lowest BCUT2D eigenvalue weighted by atomic mass is 10.1. The molecule has 1 amide bonds. The van der Waals surface area contributed by atoms with Crippen molar-refractivity contribution >= 4 is 45.7 Å². The summed E-state index contributed by atoms with van der Waals surface area (Å²) in [5, 5.41) is 16.5. The predicted octanol–water partition coefficient (Wildman–Crippen LogP) is 4.98. The zero-order valence-corrected chi connectivity index (χ0v) is 17.4. The Labute approximate surface area is 186 Å². The predicted molar refractivity (Wildman–Crippen MR) is 121 cm³/mol. The lowest BCUT2D eigenvalue weighted by Crippen LogP contribution is -2.34. The van der Waals surface area contributed by atoms with Crippen molar-refractivity contribution in [3.63, 3.8) is 0 Å². The fourth-order valence-corrected chi connectivity index (χ4v) is 3.36. The number of thiocarbonyl (C=S) groups is 1. The zero-order valence-electron chi connectivity index (χ0n) is 16.6. The molecule has 10 heteroatoms. The summed E-state index contributed by atoms with van der Waals surface area (Å²) in [6, 6.07) is 15.2. The highest BCUT2D eigenvalue weighted by Gasteiger charge is 2.19. The summed E-state index contributed by atoms with van der Waals surface area (Å²) in [4.78, 5) is 27.4. The highest BCUT2D eigenvalue weighted by Crippen LogP contribution is 2.27. The van der Waals surface area contributed by atoms with Crippen LogP contribution in [0.2, 0.25) is 0 Å². The second kappa shape index (κ2) is 8.52. The normalized spacial score (nSPS) is 10.7. The average molecular weight is 450 g/mol. The molecule has 4 aromatic rings. The maximum atomic E-state index is 13.5. The van der Waals surface area contributed by atoms with Crippen molar-refractivity contribution < 1.29 is 18.5 Å². The molecule has 2 N–H and O–H groups in total. The first kappa shape index (κ1) is 21.1. The zero-order chi connectivity index (χ0) is 22.8. The van der Waals surface area contributed by atoms with E-state index in [-0.39, 0.29) is 27.8 Å². The Hall–Kier alpha value is -4.18. The Morgan fingerprint density at radius 3 is 2.69 bits per heavy atom. The van der Waals surface area contributed by atoms with Crippen LogP contribution in [0.1, 0.15) is 15.9 Å². The summed E-state index contributed by atoms with van der Waals surface area (Å²) >= 11 is 5.20. The molecule has 0 unspecified atom stereocenters. The maximum Gasteiger partial charge on any atom is 0.273 e. The van der Waals surface area contributed by atoms with Gasteiger partial charge in [0.05, 0.1) is 4.92 Å². The topological polar surface area (TPSA) is 110 Å². The maximum absolute atomic E-state index is 13.5. The summed E-state index contributed by atoms with van der Waals surface area (Å²) in [5.41, 5.74) is 2.29. The number of anilines is 1. The number of nitro benzene ring substituents is 1. The van der Waals surface area contributed by atoms with Crippen LogP contribution in [0.5, 0.6) is 0 Å². The number of fused-ring (bicyclic) bond motifs is 1. The molecular weight excluding hydrogens is 435 g/mol. The van der Waals surface area contributed by atoms with E-state index in [1.807, 2.05) is 0 Å². The van der Waals surface area contributed by atoms with Crippen molar-refractivity contribution in [3.8, 4) is 11.5 Å².